The number of aromatic nitrogens is 2. The van der Waals surface area contributed by atoms with E-state index in [0.29, 0.717) is 11.9 Å². The van der Waals surface area contributed by atoms with Crippen molar-refractivity contribution in [1.29, 1.82) is 0 Å². The van der Waals surface area contributed by atoms with Crippen LogP contribution >= 0.6 is 0 Å². The first-order valence-electron chi connectivity index (χ1n) is 6.93. The summed E-state index contributed by atoms with van der Waals surface area (Å²) in [4.78, 5) is 8.92. The number of hydrogen-bond acceptors (Lipinski definition) is 4. The highest BCUT2D eigenvalue weighted by molar-refractivity contribution is 5.39. The Kier molecular flexibility index (Phi) is 6.47. The van der Waals surface area contributed by atoms with Crippen molar-refractivity contribution < 1.29 is 4.74 Å². The number of nitrogens with zero attached hydrogens (tertiary/aromatic N) is 2. The van der Waals surface area contributed by atoms with Gasteiger partial charge in [-0.25, -0.2) is 4.98 Å². The lowest BCUT2D eigenvalue weighted by Gasteiger charge is -2.12. The molecule has 102 valence electrons. The molecule has 0 aliphatic rings. The van der Waals surface area contributed by atoms with E-state index in [1.54, 1.807) is 0 Å². The van der Waals surface area contributed by atoms with Crippen LogP contribution in [0.2, 0.25) is 0 Å². The molecule has 0 aromatic carbocycles. The molecule has 0 saturated heterocycles. The molecule has 0 aliphatic carbocycles. The van der Waals surface area contributed by atoms with Crippen LogP contribution in [0.15, 0.2) is 6.07 Å². The van der Waals surface area contributed by atoms with Crippen molar-refractivity contribution in [3.8, 4) is 5.88 Å². The Morgan fingerprint density at radius 2 is 2.00 bits per heavy atom. The van der Waals surface area contributed by atoms with Gasteiger partial charge in [-0.1, -0.05) is 20.3 Å². The molecule has 1 aromatic heterocycles. The average Bonchev–Trinajstić information content (AvgIpc) is 2.28. The van der Waals surface area contributed by atoms with Gasteiger partial charge in [0.1, 0.15) is 11.6 Å². The van der Waals surface area contributed by atoms with Gasteiger partial charge in [-0.2, -0.15) is 4.98 Å². The van der Waals surface area contributed by atoms with Gasteiger partial charge >= 0.3 is 0 Å². The summed E-state index contributed by atoms with van der Waals surface area (Å²) in [5.74, 6) is 2.40. The fourth-order valence-corrected chi connectivity index (χ4v) is 1.57. The summed E-state index contributed by atoms with van der Waals surface area (Å²) in [5.41, 5.74) is 0. The Balaban J connectivity index is 2.77. The second kappa shape index (κ2) is 7.90. The molecular formula is C14H25N3O. The summed E-state index contributed by atoms with van der Waals surface area (Å²) < 4.78 is 5.66. The molecule has 1 rings (SSSR count). The van der Waals surface area contributed by atoms with Crippen LogP contribution in [0.3, 0.4) is 0 Å². The Bertz CT molecular complexity index is 353. The van der Waals surface area contributed by atoms with E-state index in [-0.39, 0.29) is 0 Å². The van der Waals surface area contributed by atoms with Gasteiger partial charge in [-0.05, 0) is 26.7 Å². The minimum atomic E-state index is 0.359. The molecule has 1 aromatic rings. The lowest BCUT2D eigenvalue weighted by Crippen LogP contribution is -2.13. The first-order valence-corrected chi connectivity index (χ1v) is 6.93. The number of anilines is 1. The molecule has 0 radical (unpaired) electrons. The van der Waals surface area contributed by atoms with Crippen LogP contribution in [0, 0.1) is 0 Å². The predicted octanol–water partition coefficient (Wildman–Crippen LogP) is 3.43. The van der Waals surface area contributed by atoms with E-state index >= 15 is 0 Å². The molecular weight excluding hydrogens is 226 g/mol. The van der Waals surface area contributed by atoms with E-state index in [0.717, 1.165) is 43.9 Å². The van der Waals surface area contributed by atoms with Crippen molar-refractivity contribution >= 4 is 5.82 Å². The zero-order chi connectivity index (χ0) is 13.4. The van der Waals surface area contributed by atoms with Crippen molar-refractivity contribution in [2.24, 2.45) is 0 Å². The topological polar surface area (TPSA) is 47.0 Å². The first-order chi connectivity index (χ1) is 8.65. The monoisotopic (exact) mass is 251 g/mol. The third-order valence-electron chi connectivity index (χ3n) is 2.41. The SMILES string of the molecule is CCCCOc1cc(NC(C)C)nc(CCC)n1. The van der Waals surface area contributed by atoms with Crippen LogP contribution in [0.5, 0.6) is 5.88 Å². The van der Waals surface area contributed by atoms with Crippen molar-refractivity contribution in [2.75, 3.05) is 11.9 Å². The fourth-order valence-electron chi connectivity index (χ4n) is 1.57. The summed E-state index contributed by atoms with van der Waals surface area (Å²) in [6.07, 6.45) is 4.11. The van der Waals surface area contributed by atoms with Crippen LogP contribution < -0.4 is 10.1 Å². The maximum absolute atomic E-state index is 5.66. The molecule has 0 unspecified atom stereocenters. The van der Waals surface area contributed by atoms with E-state index in [2.05, 4.69) is 43.0 Å². The third-order valence-corrected chi connectivity index (χ3v) is 2.41. The van der Waals surface area contributed by atoms with Gasteiger partial charge in [0.05, 0.1) is 6.61 Å². The smallest absolute Gasteiger partial charge is 0.218 e. The van der Waals surface area contributed by atoms with Gasteiger partial charge < -0.3 is 10.1 Å². The minimum absolute atomic E-state index is 0.359. The lowest BCUT2D eigenvalue weighted by molar-refractivity contribution is 0.296. The average molecular weight is 251 g/mol. The summed E-state index contributed by atoms with van der Waals surface area (Å²) in [6, 6.07) is 2.24. The highest BCUT2D eigenvalue weighted by atomic mass is 16.5. The normalized spacial score (nSPS) is 10.7. The molecule has 4 nitrogen and oxygen atoms in total. The van der Waals surface area contributed by atoms with Crippen LogP contribution in [0.25, 0.3) is 0 Å². The Morgan fingerprint density at radius 3 is 2.61 bits per heavy atom. The summed E-state index contributed by atoms with van der Waals surface area (Å²) in [6.45, 7) is 9.19. The Labute approximate surface area is 110 Å². The second-order valence-electron chi connectivity index (χ2n) is 4.76. The molecule has 1 heterocycles. The zero-order valence-electron chi connectivity index (χ0n) is 12.0. The molecule has 18 heavy (non-hydrogen) atoms. The number of aryl methyl sites for hydroxylation is 1. The number of rotatable bonds is 8. The Morgan fingerprint density at radius 1 is 1.22 bits per heavy atom. The van der Waals surface area contributed by atoms with Crippen molar-refractivity contribution in [3.05, 3.63) is 11.9 Å². The largest absolute Gasteiger partial charge is 0.478 e. The minimum Gasteiger partial charge on any atom is -0.478 e. The molecule has 0 atom stereocenters. The summed E-state index contributed by atoms with van der Waals surface area (Å²) in [5, 5.41) is 3.30. The molecule has 0 bridgehead atoms. The molecule has 0 fully saturated rings. The van der Waals surface area contributed by atoms with Crippen LogP contribution in [0.4, 0.5) is 5.82 Å². The van der Waals surface area contributed by atoms with Crippen LogP contribution in [0.1, 0.15) is 52.8 Å². The Hall–Kier alpha value is -1.32. The highest BCUT2D eigenvalue weighted by Gasteiger charge is 2.06. The first kappa shape index (κ1) is 14.7. The second-order valence-corrected chi connectivity index (χ2v) is 4.76. The van der Waals surface area contributed by atoms with Crippen molar-refractivity contribution in [2.45, 2.75) is 59.4 Å². The van der Waals surface area contributed by atoms with Gasteiger partial charge in [0.2, 0.25) is 5.88 Å². The van der Waals surface area contributed by atoms with E-state index in [9.17, 15) is 0 Å². The van der Waals surface area contributed by atoms with Gasteiger partial charge in [0.15, 0.2) is 0 Å². The van der Waals surface area contributed by atoms with E-state index in [1.165, 1.54) is 0 Å². The van der Waals surface area contributed by atoms with E-state index < -0.39 is 0 Å². The standard InChI is InChI=1S/C14H25N3O/c1-5-7-9-18-14-10-13(15-11(3)4)16-12(17-14)8-6-2/h10-11H,5-9H2,1-4H3,(H,15,16,17). The number of ether oxygens (including phenoxy) is 1. The van der Waals surface area contributed by atoms with E-state index in [1.807, 2.05) is 6.07 Å². The van der Waals surface area contributed by atoms with Gasteiger partial charge in [-0.15, -0.1) is 0 Å². The zero-order valence-corrected chi connectivity index (χ0v) is 12.0. The molecule has 4 heteroatoms. The third kappa shape index (κ3) is 5.34. The highest BCUT2D eigenvalue weighted by Crippen LogP contribution is 2.15. The molecule has 0 saturated carbocycles. The molecule has 0 amide bonds. The fraction of sp³-hybridized carbons (Fsp3) is 0.714. The predicted molar refractivity (Wildman–Crippen MR) is 75.2 cm³/mol. The number of nitrogens with one attached hydrogen (secondary N) is 1. The van der Waals surface area contributed by atoms with Crippen LogP contribution in [-0.4, -0.2) is 22.6 Å². The molecule has 1 N–H and O–H groups in total. The number of hydrogen-bond donors (Lipinski definition) is 1. The lowest BCUT2D eigenvalue weighted by atomic mass is 10.3. The quantitative estimate of drug-likeness (QED) is 0.719. The molecule has 0 spiro atoms. The van der Waals surface area contributed by atoms with Crippen LogP contribution in [-0.2, 0) is 6.42 Å². The molecule has 0 aliphatic heterocycles. The van der Waals surface area contributed by atoms with Gasteiger partial charge in [-0.3, -0.25) is 0 Å². The summed E-state index contributed by atoms with van der Waals surface area (Å²) in [7, 11) is 0. The number of unbranched alkanes of at least 4 members (excludes halogenated alkanes) is 1. The van der Waals surface area contributed by atoms with Crippen molar-refractivity contribution in [1.82, 2.24) is 9.97 Å². The maximum atomic E-state index is 5.66. The van der Waals surface area contributed by atoms with Crippen molar-refractivity contribution in [3.63, 3.8) is 0 Å². The summed E-state index contributed by atoms with van der Waals surface area (Å²) >= 11 is 0. The maximum Gasteiger partial charge on any atom is 0.218 e. The van der Waals surface area contributed by atoms with E-state index in [4.69, 9.17) is 4.74 Å². The van der Waals surface area contributed by atoms with Gasteiger partial charge in [0.25, 0.3) is 0 Å². The van der Waals surface area contributed by atoms with Gasteiger partial charge in [0, 0.05) is 18.5 Å².